The van der Waals surface area contributed by atoms with Crippen LogP contribution in [0.5, 0.6) is 0 Å². The first-order chi connectivity index (χ1) is 20.4. The SMILES string of the molecule is CCON=C(C(=O)N[C@@H]1C(=O)N2C(C(=O)O)=C(Sc3nc(-c4cc[n+](C)cc4)cs3)CS[C@H]12)c1nsc(NP(=O)(O)O)n1. The Kier molecular flexibility index (Phi) is 9.16. The number of amides is 2. The van der Waals surface area contributed by atoms with Crippen LogP contribution in [-0.2, 0) is 30.8 Å². The quantitative estimate of drug-likeness (QED) is 0.0630. The first-order valence-corrected chi connectivity index (χ1v) is 17.3. The number of anilines is 1. The van der Waals surface area contributed by atoms with Crippen molar-refractivity contribution in [2.45, 2.75) is 22.7 Å². The minimum Gasteiger partial charge on any atom is -0.477 e. The van der Waals surface area contributed by atoms with Gasteiger partial charge in [0.15, 0.2) is 16.7 Å². The first-order valence-electron chi connectivity index (χ1n) is 12.1. The van der Waals surface area contributed by atoms with E-state index >= 15 is 0 Å². The van der Waals surface area contributed by atoms with Crippen LogP contribution in [0.4, 0.5) is 5.13 Å². The number of carbonyl (C=O) groups is 3. The number of carboxylic acid groups (broad SMARTS) is 1. The highest BCUT2D eigenvalue weighted by molar-refractivity contribution is 8.07. The molecule has 0 radical (unpaired) electrons. The Morgan fingerprint density at radius 2 is 2.05 bits per heavy atom. The van der Waals surface area contributed by atoms with E-state index in [1.807, 2.05) is 46.6 Å². The number of carbonyl (C=O) groups excluding carboxylic acids is 2. The molecule has 0 aliphatic carbocycles. The molecule has 3 aromatic heterocycles. The summed E-state index contributed by atoms with van der Waals surface area (Å²) in [6.45, 7) is 1.70. The van der Waals surface area contributed by atoms with Crippen molar-refractivity contribution in [1.29, 1.82) is 0 Å². The number of rotatable bonds is 11. The number of nitrogens with one attached hydrogen (secondary N) is 2. The van der Waals surface area contributed by atoms with Crippen molar-refractivity contribution >= 4 is 82.8 Å². The van der Waals surface area contributed by atoms with Crippen LogP contribution in [0.2, 0.25) is 0 Å². The van der Waals surface area contributed by atoms with Gasteiger partial charge in [0.25, 0.3) is 11.8 Å². The molecule has 5 rings (SSSR count). The summed E-state index contributed by atoms with van der Waals surface area (Å²) in [5.41, 5.74) is 1.06. The van der Waals surface area contributed by atoms with Gasteiger partial charge in [-0.15, -0.1) is 23.1 Å². The van der Waals surface area contributed by atoms with Crippen LogP contribution in [0.3, 0.4) is 0 Å². The van der Waals surface area contributed by atoms with Gasteiger partial charge in [-0.3, -0.25) is 19.6 Å². The first kappa shape index (κ1) is 31.0. The number of thioether (sulfide) groups is 2. The lowest BCUT2D eigenvalue weighted by molar-refractivity contribution is -0.671. The van der Waals surface area contributed by atoms with Crippen LogP contribution in [0.1, 0.15) is 12.7 Å². The number of aliphatic carboxylic acids is 1. The number of aryl methyl sites for hydroxylation is 1. The third-order valence-corrected chi connectivity index (χ3v) is 10.5. The van der Waals surface area contributed by atoms with Gasteiger partial charge in [-0.25, -0.2) is 18.9 Å². The number of β-lactam (4-membered cyclic amide) rings is 1. The Balaban J connectivity index is 1.31. The number of hydrogen-bond acceptors (Lipinski definition) is 13. The van der Waals surface area contributed by atoms with Crippen molar-refractivity contribution in [2.24, 2.45) is 12.2 Å². The highest BCUT2D eigenvalue weighted by atomic mass is 32.2. The minimum absolute atomic E-state index is 0.0843. The van der Waals surface area contributed by atoms with Gasteiger partial charge in [0, 0.05) is 45.3 Å². The molecule has 16 nitrogen and oxygen atoms in total. The van der Waals surface area contributed by atoms with Crippen LogP contribution in [-0.4, -0.2) is 81.4 Å². The number of aromatic nitrogens is 4. The standard InChI is InChI=1S/C22H21N8O8PS4/c1-3-38-26-13(16-25-21(43-28-16)27-39(35,36)37)17(31)24-14-18(32)30-15(20(33)34)12(9-40-19(14)30)42-22-23-11(8-41-22)10-4-6-29(2)7-5-10/h4-8,14,19H,3,9H2,1-2H3,(H4-,24,25,27,28,31,33,34,35,36,37)/p+1/t14-,19-/m1/s1. The van der Waals surface area contributed by atoms with Gasteiger partial charge in [-0.05, 0) is 6.92 Å². The van der Waals surface area contributed by atoms with Gasteiger partial charge in [0.2, 0.25) is 16.7 Å². The molecule has 2 aliphatic rings. The van der Waals surface area contributed by atoms with E-state index in [1.54, 1.807) is 6.92 Å². The maximum Gasteiger partial charge on any atom is 0.429 e. The van der Waals surface area contributed by atoms with Crippen molar-refractivity contribution in [3.05, 3.63) is 46.3 Å². The van der Waals surface area contributed by atoms with E-state index in [-0.39, 0.29) is 29.0 Å². The zero-order valence-electron chi connectivity index (χ0n) is 22.1. The number of carboxylic acids is 1. The van der Waals surface area contributed by atoms with Crippen LogP contribution >= 0.6 is 54.1 Å². The zero-order valence-corrected chi connectivity index (χ0v) is 26.3. The molecule has 1 saturated heterocycles. The minimum atomic E-state index is -4.67. The fraction of sp³-hybridized carbons (Fsp3) is 0.273. The van der Waals surface area contributed by atoms with E-state index in [0.29, 0.717) is 20.8 Å². The Hall–Kier alpha value is -3.39. The van der Waals surface area contributed by atoms with Gasteiger partial charge in [-0.1, -0.05) is 16.9 Å². The van der Waals surface area contributed by atoms with E-state index in [1.165, 1.54) is 34.9 Å². The van der Waals surface area contributed by atoms with Gasteiger partial charge in [-0.2, -0.15) is 9.36 Å². The molecule has 0 unspecified atom stereocenters. The van der Waals surface area contributed by atoms with Crippen LogP contribution < -0.4 is 15.0 Å². The van der Waals surface area contributed by atoms with Crippen LogP contribution in [0.25, 0.3) is 11.3 Å². The molecular formula is C22H22N8O8PS4+. The molecule has 2 aliphatic heterocycles. The van der Waals surface area contributed by atoms with Gasteiger partial charge >= 0.3 is 13.7 Å². The summed E-state index contributed by atoms with van der Waals surface area (Å²) >= 11 is 4.40. The molecular weight excluding hydrogens is 664 g/mol. The zero-order chi connectivity index (χ0) is 30.9. The number of nitrogens with zero attached hydrogens (tertiary/aromatic N) is 6. The van der Waals surface area contributed by atoms with Crippen LogP contribution in [0.15, 0.2) is 50.0 Å². The molecule has 1 fully saturated rings. The molecule has 0 aromatic carbocycles. The summed E-state index contributed by atoms with van der Waals surface area (Å²) in [7, 11) is -2.77. The van der Waals surface area contributed by atoms with E-state index in [4.69, 9.17) is 14.6 Å². The molecule has 0 spiro atoms. The molecule has 0 bridgehead atoms. The number of oxime groups is 1. The number of thiazole rings is 1. The largest absolute Gasteiger partial charge is 0.477 e. The van der Waals surface area contributed by atoms with Gasteiger partial charge < -0.3 is 25.0 Å². The summed E-state index contributed by atoms with van der Waals surface area (Å²) in [4.78, 5) is 71.9. The van der Waals surface area contributed by atoms with Crippen molar-refractivity contribution in [3.8, 4) is 11.3 Å². The lowest BCUT2D eigenvalue weighted by Gasteiger charge is -2.49. The summed E-state index contributed by atoms with van der Waals surface area (Å²) in [5.74, 6) is -2.84. The summed E-state index contributed by atoms with van der Waals surface area (Å²) in [6, 6.07) is 2.77. The molecule has 21 heteroatoms. The van der Waals surface area contributed by atoms with E-state index in [9.17, 15) is 24.1 Å². The molecule has 0 saturated carbocycles. The second-order valence-electron chi connectivity index (χ2n) is 8.73. The highest BCUT2D eigenvalue weighted by Crippen LogP contribution is 2.46. The number of hydrogen-bond donors (Lipinski definition) is 5. The summed E-state index contributed by atoms with van der Waals surface area (Å²) < 4.78 is 17.6. The van der Waals surface area contributed by atoms with E-state index < -0.39 is 42.7 Å². The smallest absolute Gasteiger partial charge is 0.429 e. The Bertz CT molecular complexity index is 1690. The summed E-state index contributed by atoms with van der Waals surface area (Å²) in [5, 5.41) is 19.0. The second-order valence-corrected chi connectivity index (χ2v) is 14.1. The Morgan fingerprint density at radius 1 is 1.30 bits per heavy atom. The fourth-order valence-corrected chi connectivity index (χ4v) is 8.60. The van der Waals surface area contributed by atoms with Crippen molar-refractivity contribution in [2.75, 3.05) is 17.4 Å². The molecule has 2 atom stereocenters. The number of pyridine rings is 1. The van der Waals surface area contributed by atoms with Gasteiger partial charge in [0.1, 0.15) is 30.8 Å². The lowest BCUT2D eigenvalue weighted by Crippen LogP contribution is -2.71. The topological polar surface area (TPSA) is 220 Å². The van der Waals surface area contributed by atoms with Crippen molar-refractivity contribution in [3.63, 3.8) is 0 Å². The van der Waals surface area contributed by atoms with E-state index in [0.717, 1.165) is 16.2 Å². The molecule has 5 N–H and O–H groups in total. The number of fused-ring (bicyclic) bond motifs is 1. The molecule has 43 heavy (non-hydrogen) atoms. The molecule has 2 amide bonds. The van der Waals surface area contributed by atoms with Crippen molar-refractivity contribution in [1.82, 2.24) is 24.6 Å². The molecule has 5 heterocycles. The predicted molar refractivity (Wildman–Crippen MR) is 158 cm³/mol. The maximum absolute atomic E-state index is 13.2. The molecule has 3 aromatic rings. The van der Waals surface area contributed by atoms with E-state index in [2.05, 4.69) is 24.8 Å². The normalized spacial score (nSPS) is 18.7. The third-order valence-electron chi connectivity index (χ3n) is 5.77. The second kappa shape index (κ2) is 12.7. The average molecular weight is 686 g/mol. The Labute approximate surface area is 259 Å². The van der Waals surface area contributed by atoms with Crippen molar-refractivity contribution < 1.29 is 43.2 Å². The Morgan fingerprint density at radius 3 is 2.72 bits per heavy atom. The highest BCUT2D eigenvalue weighted by Gasteiger charge is 2.54. The predicted octanol–water partition coefficient (Wildman–Crippen LogP) is 1.22. The van der Waals surface area contributed by atoms with Crippen LogP contribution in [0, 0.1) is 0 Å². The maximum atomic E-state index is 13.2. The average Bonchev–Trinajstić information content (AvgIpc) is 3.60. The molecule has 226 valence electrons. The monoisotopic (exact) mass is 685 g/mol. The lowest BCUT2D eigenvalue weighted by atomic mass is 10.0. The summed E-state index contributed by atoms with van der Waals surface area (Å²) in [6.07, 6.45) is 3.80. The fourth-order valence-electron chi connectivity index (χ4n) is 3.90. The van der Waals surface area contributed by atoms with Gasteiger partial charge in [0.05, 0.1) is 5.69 Å². The third kappa shape index (κ3) is 6.90.